The molecule has 0 aromatic rings. The smallest absolute Gasteiger partial charge is 0.309 e. The number of esters is 1. The summed E-state index contributed by atoms with van der Waals surface area (Å²) in [7, 11) is 1.52. The van der Waals surface area contributed by atoms with Crippen molar-refractivity contribution in [1.29, 1.82) is 0 Å². The van der Waals surface area contributed by atoms with Gasteiger partial charge in [0.05, 0.1) is 25.2 Å². The van der Waals surface area contributed by atoms with E-state index < -0.39 is 0 Å². The van der Waals surface area contributed by atoms with Crippen LogP contribution >= 0.6 is 0 Å². The molecular formula is C26H45NO4. The van der Waals surface area contributed by atoms with Gasteiger partial charge < -0.3 is 20.3 Å². The Hall–Kier alpha value is -0.650. The van der Waals surface area contributed by atoms with Crippen LogP contribution in [0, 0.1) is 40.4 Å². The summed E-state index contributed by atoms with van der Waals surface area (Å²) in [6, 6.07) is 0.0975. The molecular weight excluding hydrogens is 390 g/mol. The first-order valence-electron chi connectivity index (χ1n) is 12.9. The Kier molecular flexibility index (Phi) is 6.78. The molecule has 0 radical (unpaired) electrons. The van der Waals surface area contributed by atoms with E-state index >= 15 is 0 Å². The van der Waals surface area contributed by atoms with Gasteiger partial charge >= 0.3 is 5.97 Å². The summed E-state index contributed by atoms with van der Waals surface area (Å²) in [5.74, 6) is 2.04. The number of methoxy groups -OCH3 is 1. The van der Waals surface area contributed by atoms with Crippen LogP contribution in [0.25, 0.3) is 0 Å². The van der Waals surface area contributed by atoms with Crippen LogP contribution in [0.4, 0.5) is 0 Å². The van der Waals surface area contributed by atoms with Gasteiger partial charge in [-0.2, -0.15) is 0 Å². The normalized spacial score (nSPS) is 49.1. The van der Waals surface area contributed by atoms with E-state index in [-0.39, 0.29) is 41.0 Å². The fourth-order valence-electron chi connectivity index (χ4n) is 8.81. The highest BCUT2D eigenvalue weighted by Crippen LogP contribution is 2.67. The minimum Gasteiger partial charge on any atom is -0.469 e. The maximum absolute atomic E-state index is 12.6. The van der Waals surface area contributed by atoms with Gasteiger partial charge in [-0.1, -0.05) is 33.6 Å². The highest BCUT2D eigenvalue weighted by molar-refractivity contribution is 5.74. The maximum atomic E-state index is 12.6. The Morgan fingerprint density at radius 3 is 2.58 bits per heavy atom. The van der Waals surface area contributed by atoms with Crippen molar-refractivity contribution in [3.05, 3.63) is 0 Å². The lowest BCUT2D eigenvalue weighted by Crippen LogP contribution is -2.63. The molecule has 0 aliphatic heterocycles. The molecule has 0 aromatic heterocycles. The molecule has 5 nitrogen and oxygen atoms in total. The van der Waals surface area contributed by atoms with E-state index in [0.717, 1.165) is 45.1 Å². The summed E-state index contributed by atoms with van der Waals surface area (Å²) < 4.78 is 11.4. The minimum absolute atomic E-state index is 0.0112. The molecule has 178 valence electrons. The molecule has 5 heteroatoms. The van der Waals surface area contributed by atoms with Gasteiger partial charge in [0, 0.05) is 12.6 Å². The number of carbonyl (C=O) groups excluding carboxylic acids is 1. The summed E-state index contributed by atoms with van der Waals surface area (Å²) in [6.07, 6.45) is 10.1. The Labute approximate surface area is 188 Å². The van der Waals surface area contributed by atoms with Crippen molar-refractivity contribution in [2.24, 2.45) is 46.2 Å². The monoisotopic (exact) mass is 435 g/mol. The lowest BCUT2D eigenvalue weighted by atomic mass is 9.43. The van der Waals surface area contributed by atoms with Crippen molar-refractivity contribution in [2.75, 3.05) is 13.7 Å². The van der Waals surface area contributed by atoms with E-state index in [1.807, 2.05) is 0 Å². The third-order valence-corrected chi connectivity index (χ3v) is 10.2. The molecule has 10 atom stereocenters. The van der Waals surface area contributed by atoms with E-state index in [9.17, 15) is 9.90 Å². The third kappa shape index (κ3) is 3.87. The lowest BCUT2D eigenvalue weighted by Gasteiger charge is -2.63. The van der Waals surface area contributed by atoms with Crippen LogP contribution < -0.4 is 5.73 Å². The molecule has 0 spiro atoms. The molecule has 0 aromatic carbocycles. The molecule has 31 heavy (non-hydrogen) atoms. The largest absolute Gasteiger partial charge is 0.469 e. The number of fused-ring (bicyclic) bond motifs is 5. The van der Waals surface area contributed by atoms with E-state index in [4.69, 9.17) is 15.2 Å². The molecule has 0 heterocycles. The summed E-state index contributed by atoms with van der Waals surface area (Å²) in [5, 5.41) is 10.8. The second kappa shape index (κ2) is 8.95. The van der Waals surface area contributed by atoms with Crippen LogP contribution in [0.15, 0.2) is 0 Å². The molecule has 4 fully saturated rings. The number of carbonyl (C=O) groups is 1. The zero-order chi connectivity index (χ0) is 22.4. The standard InChI is InChI=1S/C26H45NO4/c1-5-6-7-12-31-22-15-25(2)16(13-21(22)28)8-9-17-18-10-11-19(24(29)30-4)26(18,3)14-20(27)23(17)25/h16-23,28H,5-15,27H2,1-4H3/t16?,17-,18-,19?,20?,21?,22?,23-,25-,26-/m0/s1. The van der Waals surface area contributed by atoms with Gasteiger partial charge in [-0.15, -0.1) is 0 Å². The SMILES string of the molecule is CCCCCOC1C[C@@]2(C)C(CC[C@@H]3[C@H]2C(N)C[C@]2(C)C(C(=O)OC)CC[C@@H]32)CC1O. The molecule has 4 aliphatic carbocycles. The Morgan fingerprint density at radius 2 is 1.87 bits per heavy atom. The fraction of sp³-hybridized carbons (Fsp3) is 0.962. The van der Waals surface area contributed by atoms with Crippen LogP contribution in [0.2, 0.25) is 0 Å². The molecule has 4 saturated carbocycles. The Balaban J connectivity index is 1.55. The summed E-state index contributed by atoms with van der Waals surface area (Å²) in [6.45, 7) is 7.70. The third-order valence-electron chi connectivity index (χ3n) is 10.2. The van der Waals surface area contributed by atoms with E-state index in [1.165, 1.54) is 32.8 Å². The predicted octanol–water partition coefficient (Wildman–Crippen LogP) is 4.30. The maximum Gasteiger partial charge on any atom is 0.309 e. The fourth-order valence-corrected chi connectivity index (χ4v) is 8.81. The highest BCUT2D eigenvalue weighted by atomic mass is 16.5. The van der Waals surface area contributed by atoms with Gasteiger partial charge in [0.2, 0.25) is 0 Å². The van der Waals surface area contributed by atoms with E-state index in [2.05, 4.69) is 20.8 Å². The Morgan fingerprint density at radius 1 is 1.10 bits per heavy atom. The van der Waals surface area contributed by atoms with Gasteiger partial charge in [-0.3, -0.25) is 4.79 Å². The van der Waals surface area contributed by atoms with Crippen molar-refractivity contribution < 1.29 is 19.4 Å². The van der Waals surface area contributed by atoms with Crippen molar-refractivity contribution in [2.45, 2.75) is 103 Å². The zero-order valence-corrected chi connectivity index (χ0v) is 20.1. The molecule has 4 rings (SSSR count). The van der Waals surface area contributed by atoms with Crippen molar-refractivity contribution >= 4 is 5.97 Å². The zero-order valence-electron chi connectivity index (χ0n) is 20.1. The average molecular weight is 436 g/mol. The number of rotatable bonds is 6. The van der Waals surface area contributed by atoms with Gasteiger partial charge in [-0.25, -0.2) is 0 Å². The van der Waals surface area contributed by atoms with E-state index in [0.29, 0.717) is 23.7 Å². The predicted molar refractivity (Wildman–Crippen MR) is 121 cm³/mol. The second-order valence-electron chi connectivity index (χ2n) is 11.7. The number of nitrogens with two attached hydrogens (primary N) is 1. The minimum atomic E-state index is -0.350. The first-order chi connectivity index (χ1) is 14.8. The number of hydrogen-bond acceptors (Lipinski definition) is 5. The van der Waals surface area contributed by atoms with Crippen LogP contribution in [0.3, 0.4) is 0 Å². The molecule has 4 aliphatic rings. The molecule has 5 unspecified atom stereocenters. The average Bonchev–Trinajstić information content (AvgIpc) is 3.07. The van der Waals surface area contributed by atoms with Crippen molar-refractivity contribution in [1.82, 2.24) is 0 Å². The molecule has 0 saturated heterocycles. The number of ether oxygens (including phenoxy) is 2. The lowest BCUT2D eigenvalue weighted by molar-refractivity contribution is -0.180. The Bertz CT molecular complexity index is 655. The molecule has 0 amide bonds. The van der Waals surface area contributed by atoms with Gasteiger partial charge in [-0.05, 0) is 85.9 Å². The van der Waals surface area contributed by atoms with Gasteiger partial charge in [0.1, 0.15) is 0 Å². The van der Waals surface area contributed by atoms with Crippen LogP contribution in [0.5, 0.6) is 0 Å². The van der Waals surface area contributed by atoms with Gasteiger partial charge in [0.15, 0.2) is 0 Å². The number of unbranched alkanes of at least 4 members (excludes halogenated alkanes) is 2. The number of aliphatic hydroxyl groups is 1. The molecule has 3 N–H and O–H groups in total. The first kappa shape index (κ1) is 23.5. The quantitative estimate of drug-likeness (QED) is 0.480. The topological polar surface area (TPSA) is 81.8 Å². The van der Waals surface area contributed by atoms with Crippen molar-refractivity contribution in [3.8, 4) is 0 Å². The van der Waals surface area contributed by atoms with E-state index in [1.54, 1.807) is 0 Å². The number of aliphatic hydroxyl groups excluding tert-OH is 1. The van der Waals surface area contributed by atoms with Crippen LogP contribution in [0.1, 0.15) is 85.0 Å². The van der Waals surface area contributed by atoms with Crippen LogP contribution in [-0.2, 0) is 14.3 Å². The first-order valence-corrected chi connectivity index (χ1v) is 12.9. The second-order valence-corrected chi connectivity index (χ2v) is 11.7. The summed E-state index contributed by atoms with van der Waals surface area (Å²) in [4.78, 5) is 12.6. The highest BCUT2D eigenvalue weighted by Gasteiger charge is 2.64. The molecule has 0 bridgehead atoms. The van der Waals surface area contributed by atoms with Gasteiger partial charge in [0.25, 0.3) is 0 Å². The van der Waals surface area contributed by atoms with Crippen molar-refractivity contribution in [3.63, 3.8) is 0 Å². The van der Waals surface area contributed by atoms with Crippen LogP contribution in [-0.4, -0.2) is 43.0 Å². The summed E-state index contributed by atoms with van der Waals surface area (Å²) in [5.41, 5.74) is 7.06. The summed E-state index contributed by atoms with van der Waals surface area (Å²) >= 11 is 0. The number of hydrogen-bond donors (Lipinski definition) is 2.